The summed E-state index contributed by atoms with van der Waals surface area (Å²) in [5.41, 5.74) is 7.16. The van der Waals surface area contributed by atoms with Gasteiger partial charge in [0.05, 0.1) is 24.2 Å². The maximum Gasteiger partial charge on any atom is 0.131 e. The van der Waals surface area contributed by atoms with Crippen molar-refractivity contribution in [3.8, 4) is 5.75 Å². The molecule has 0 radical (unpaired) electrons. The van der Waals surface area contributed by atoms with Crippen LogP contribution in [-0.2, 0) is 17.2 Å². The standard InChI is InChI=1S/C18H18F2N2O2S/c1-24-13-4-2-3-11(7-13)8-17-18(21)22-16(10-25(17)23)14-6-5-12(19)9-15(14)20/h2-7,9,16-17H,8,10H2,1H3,(H2,21,22). The van der Waals surface area contributed by atoms with Crippen LogP contribution in [0.5, 0.6) is 5.75 Å². The Bertz CT molecular complexity index is 842. The van der Waals surface area contributed by atoms with Crippen molar-refractivity contribution in [2.45, 2.75) is 17.7 Å². The van der Waals surface area contributed by atoms with E-state index < -0.39 is 33.7 Å². The van der Waals surface area contributed by atoms with Gasteiger partial charge in [0.1, 0.15) is 23.2 Å². The lowest BCUT2D eigenvalue weighted by molar-refractivity contribution is 0.414. The third-order valence-electron chi connectivity index (χ3n) is 4.15. The molecule has 0 spiro atoms. The van der Waals surface area contributed by atoms with Gasteiger partial charge in [-0.25, -0.2) is 8.78 Å². The molecule has 3 rings (SSSR count). The lowest BCUT2D eigenvalue weighted by Gasteiger charge is -2.26. The number of rotatable bonds is 4. The van der Waals surface area contributed by atoms with Crippen LogP contribution in [0.2, 0.25) is 0 Å². The van der Waals surface area contributed by atoms with Gasteiger partial charge < -0.3 is 10.5 Å². The maximum atomic E-state index is 14.0. The highest BCUT2D eigenvalue weighted by atomic mass is 32.2. The van der Waals surface area contributed by atoms with Gasteiger partial charge >= 0.3 is 0 Å². The second-order valence-corrected chi connectivity index (χ2v) is 7.49. The van der Waals surface area contributed by atoms with Crippen molar-refractivity contribution >= 4 is 16.6 Å². The molecule has 7 heteroatoms. The summed E-state index contributed by atoms with van der Waals surface area (Å²) in [5.74, 6) is -0.282. The van der Waals surface area contributed by atoms with Crippen LogP contribution >= 0.6 is 0 Å². The Morgan fingerprint density at radius 2 is 2.08 bits per heavy atom. The van der Waals surface area contributed by atoms with Crippen LogP contribution in [0.25, 0.3) is 0 Å². The highest BCUT2D eigenvalue weighted by Crippen LogP contribution is 2.28. The monoisotopic (exact) mass is 364 g/mol. The summed E-state index contributed by atoms with van der Waals surface area (Å²) in [7, 11) is 0.261. The Hall–Kier alpha value is -2.28. The molecule has 0 bridgehead atoms. The van der Waals surface area contributed by atoms with Crippen molar-refractivity contribution in [3.63, 3.8) is 0 Å². The summed E-state index contributed by atoms with van der Waals surface area (Å²) < 4.78 is 44.9. The van der Waals surface area contributed by atoms with E-state index in [-0.39, 0.29) is 17.2 Å². The lowest BCUT2D eigenvalue weighted by Crippen LogP contribution is -2.41. The second-order valence-electron chi connectivity index (χ2n) is 5.83. The Morgan fingerprint density at radius 3 is 2.76 bits per heavy atom. The zero-order valence-electron chi connectivity index (χ0n) is 13.6. The average molecular weight is 364 g/mol. The molecule has 4 nitrogen and oxygen atoms in total. The molecule has 2 aromatic rings. The van der Waals surface area contributed by atoms with Crippen molar-refractivity contribution in [1.82, 2.24) is 0 Å². The first-order valence-electron chi connectivity index (χ1n) is 7.76. The number of hydrogen-bond donors (Lipinski definition) is 1. The second kappa shape index (κ2) is 7.31. The van der Waals surface area contributed by atoms with Gasteiger partial charge in [-0.15, -0.1) is 0 Å². The summed E-state index contributed by atoms with van der Waals surface area (Å²) in [5, 5.41) is -0.438. The summed E-state index contributed by atoms with van der Waals surface area (Å²) >= 11 is 0. The number of aliphatic imine (C=N–C) groups is 1. The zero-order valence-corrected chi connectivity index (χ0v) is 14.4. The minimum absolute atomic E-state index is 0.151. The molecule has 0 amide bonds. The van der Waals surface area contributed by atoms with Gasteiger partial charge in [-0.3, -0.25) is 9.20 Å². The summed E-state index contributed by atoms with van der Waals surface area (Å²) in [4.78, 5) is 4.32. The first-order chi connectivity index (χ1) is 12.0. The number of methoxy groups -OCH3 is 1. The van der Waals surface area contributed by atoms with E-state index in [1.165, 1.54) is 6.07 Å². The molecule has 0 aliphatic carbocycles. The molecule has 3 unspecified atom stereocenters. The fraction of sp³-hybridized carbons (Fsp3) is 0.278. The Kier molecular flexibility index (Phi) is 5.13. The average Bonchev–Trinajstić information content (AvgIpc) is 2.58. The van der Waals surface area contributed by atoms with Crippen LogP contribution in [0.4, 0.5) is 8.78 Å². The van der Waals surface area contributed by atoms with Crippen molar-refractivity contribution in [1.29, 1.82) is 0 Å². The molecule has 25 heavy (non-hydrogen) atoms. The van der Waals surface area contributed by atoms with E-state index in [2.05, 4.69) is 4.99 Å². The number of halogens is 2. The topological polar surface area (TPSA) is 64.7 Å². The van der Waals surface area contributed by atoms with E-state index in [4.69, 9.17) is 10.5 Å². The molecular formula is C18H18F2N2O2S. The summed E-state index contributed by atoms with van der Waals surface area (Å²) in [6, 6.07) is 10.1. The van der Waals surface area contributed by atoms with Gasteiger partial charge in [0.25, 0.3) is 0 Å². The van der Waals surface area contributed by atoms with Crippen LogP contribution < -0.4 is 10.5 Å². The van der Waals surface area contributed by atoms with Crippen LogP contribution in [0.1, 0.15) is 17.2 Å². The van der Waals surface area contributed by atoms with E-state index in [1.54, 1.807) is 7.11 Å². The van der Waals surface area contributed by atoms with Gasteiger partial charge in [-0.1, -0.05) is 18.2 Å². The lowest BCUT2D eigenvalue weighted by atomic mass is 10.1. The molecule has 132 valence electrons. The van der Waals surface area contributed by atoms with E-state index in [1.807, 2.05) is 24.3 Å². The fourth-order valence-electron chi connectivity index (χ4n) is 2.85. The molecule has 1 heterocycles. The van der Waals surface area contributed by atoms with Crippen LogP contribution in [-0.4, -0.2) is 28.2 Å². The molecule has 0 aromatic heterocycles. The van der Waals surface area contributed by atoms with Crippen molar-refractivity contribution in [2.24, 2.45) is 10.7 Å². The van der Waals surface area contributed by atoms with Gasteiger partial charge in [0.2, 0.25) is 0 Å². The number of nitrogens with two attached hydrogens (primary N) is 1. The molecule has 0 fully saturated rings. The Labute approximate surface area is 147 Å². The van der Waals surface area contributed by atoms with Gasteiger partial charge in [-0.05, 0) is 30.2 Å². The third-order valence-corrected chi connectivity index (χ3v) is 5.84. The Balaban J connectivity index is 1.83. The van der Waals surface area contributed by atoms with E-state index >= 15 is 0 Å². The maximum absolute atomic E-state index is 14.0. The summed E-state index contributed by atoms with van der Waals surface area (Å²) in [6.45, 7) is 0. The van der Waals surface area contributed by atoms with Gasteiger partial charge in [0.15, 0.2) is 0 Å². The van der Waals surface area contributed by atoms with Crippen molar-refractivity contribution in [2.75, 3.05) is 12.9 Å². The number of amidine groups is 1. The first-order valence-corrected chi connectivity index (χ1v) is 9.14. The molecule has 1 aliphatic heterocycles. The quantitative estimate of drug-likeness (QED) is 0.907. The molecule has 3 atom stereocenters. The first kappa shape index (κ1) is 17.5. The van der Waals surface area contributed by atoms with E-state index in [0.717, 1.165) is 17.7 Å². The minimum atomic E-state index is -1.32. The fourth-order valence-corrected chi connectivity index (χ4v) is 4.36. The molecule has 2 aromatic carbocycles. The third kappa shape index (κ3) is 3.87. The van der Waals surface area contributed by atoms with Crippen molar-refractivity contribution in [3.05, 3.63) is 65.2 Å². The number of ether oxygens (including phenoxy) is 1. The smallest absolute Gasteiger partial charge is 0.131 e. The molecule has 0 saturated carbocycles. The van der Waals surface area contributed by atoms with E-state index in [9.17, 15) is 13.0 Å². The largest absolute Gasteiger partial charge is 0.497 e. The van der Waals surface area contributed by atoms with Gasteiger partial charge in [-0.2, -0.15) is 0 Å². The molecule has 1 aliphatic rings. The molecule has 0 saturated heterocycles. The predicted molar refractivity (Wildman–Crippen MR) is 94.2 cm³/mol. The number of nitrogens with zero attached hydrogens (tertiary/aromatic N) is 1. The van der Waals surface area contributed by atoms with Crippen LogP contribution in [0.15, 0.2) is 47.5 Å². The minimum Gasteiger partial charge on any atom is -0.497 e. The van der Waals surface area contributed by atoms with E-state index in [0.29, 0.717) is 12.2 Å². The molecule has 2 N–H and O–H groups in total. The zero-order chi connectivity index (χ0) is 18.0. The highest BCUT2D eigenvalue weighted by molar-refractivity contribution is 7.86. The number of hydrogen-bond acceptors (Lipinski definition) is 4. The Morgan fingerprint density at radius 1 is 1.28 bits per heavy atom. The highest BCUT2D eigenvalue weighted by Gasteiger charge is 2.31. The summed E-state index contributed by atoms with van der Waals surface area (Å²) in [6.07, 6.45) is 0.456. The SMILES string of the molecule is COc1cccc(CC2C(N)=NC(c3ccc(F)cc3F)CS2=O)c1. The van der Waals surface area contributed by atoms with Crippen LogP contribution in [0.3, 0.4) is 0 Å². The molecular weight excluding hydrogens is 346 g/mol. The predicted octanol–water partition coefficient (Wildman–Crippen LogP) is 2.75. The normalized spacial score (nSPS) is 23.2. The van der Waals surface area contributed by atoms with Crippen LogP contribution in [0, 0.1) is 11.6 Å². The van der Waals surface area contributed by atoms with Crippen molar-refractivity contribution < 1.29 is 17.7 Å². The van der Waals surface area contributed by atoms with Gasteiger partial charge in [0, 0.05) is 22.4 Å². The number of benzene rings is 2.